The Balaban J connectivity index is 0.000000659. The summed E-state index contributed by atoms with van der Waals surface area (Å²) in [4.78, 5) is 25.7. The Bertz CT molecular complexity index is 556. The van der Waals surface area contributed by atoms with Crippen molar-refractivity contribution in [3.63, 3.8) is 0 Å². The lowest BCUT2D eigenvalue weighted by Crippen LogP contribution is -2.13. The van der Waals surface area contributed by atoms with Crippen LogP contribution in [0, 0.1) is 0 Å². The molecule has 18 heavy (non-hydrogen) atoms. The minimum Gasteiger partial charge on any atom is -0.360 e. The molecule has 98 valence electrons. The first-order valence-electron chi connectivity index (χ1n) is 6.31. The normalized spacial score (nSPS) is 8.72. The number of aromatic nitrogens is 1. The van der Waals surface area contributed by atoms with E-state index >= 15 is 0 Å². The molecule has 1 heterocycles. The molecule has 3 heteroatoms. The number of ketones is 1. The second-order valence-corrected chi connectivity index (χ2v) is 3.13. The highest BCUT2D eigenvalue weighted by molar-refractivity contribution is 5.96. The molecule has 0 atom stereocenters. The number of carbonyl (C=O) groups is 1. The fourth-order valence-electron chi connectivity index (χ4n) is 1.43. The van der Waals surface area contributed by atoms with E-state index in [0.29, 0.717) is 5.39 Å². The molecule has 0 saturated carbocycles. The largest absolute Gasteiger partial charge is 0.360 e. The molecule has 0 bridgehead atoms. The standard InChI is InChI=1S/C11H9NO2.2C2H6/c1-7(13)9-6-12-10-5-3-2-4-8(10)11(9)14;2*1-2/h2-6H,1H3,(H,12,14);2*1-2H3. The van der Waals surface area contributed by atoms with Gasteiger partial charge in [0, 0.05) is 17.1 Å². The van der Waals surface area contributed by atoms with E-state index in [1.165, 1.54) is 13.1 Å². The molecule has 0 spiro atoms. The number of rotatable bonds is 1. The zero-order chi connectivity index (χ0) is 14.1. The van der Waals surface area contributed by atoms with E-state index in [1.54, 1.807) is 18.2 Å². The van der Waals surface area contributed by atoms with E-state index < -0.39 is 0 Å². The minimum atomic E-state index is -0.211. The number of nitrogens with one attached hydrogen (secondary N) is 1. The number of para-hydroxylation sites is 1. The van der Waals surface area contributed by atoms with Gasteiger partial charge < -0.3 is 4.98 Å². The van der Waals surface area contributed by atoms with Gasteiger partial charge in [0.15, 0.2) is 11.2 Å². The Kier molecular flexibility index (Phi) is 7.36. The van der Waals surface area contributed by atoms with E-state index in [0.717, 1.165) is 5.52 Å². The van der Waals surface area contributed by atoms with Crippen LogP contribution in [0.4, 0.5) is 0 Å². The maximum atomic E-state index is 11.7. The predicted molar refractivity (Wildman–Crippen MR) is 77.3 cm³/mol. The minimum absolute atomic E-state index is 0.202. The van der Waals surface area contributed by atoms with Crippen LogP contribution in [0.3, 0.4) is 0 Å². The number of Topliss-reactive ketones (excluding diaryl/α,β-unsaturated/α-hetero) is 1. The lowest BCUT2D eigenvalue weighted by molar-refractivity contribution is 0.101. The van der Waals surface area contributed by atoms with Crippen molar-refractivity contribution in [2.24, 2.45) is 0 Å². The van der Waals surface area contributed by atoms with Gasteiger partial charge in [-0.3, -0.25) is 9.59 Å². The van der Waals surface area contributed by atoms with Gasteiger partial charge in [0.2, 0.25) is 0 Å². The fourth-order valence-corrected chi connectivity index (χ4v) is 1.43. The Hall–Kier alpha value is -1.90. The number of hydrogen-bond donors (Lipinski definition) is 1. The molecule has 2 rings (SSSR count). The van der Waals surface area contributed by atoms with Crippen molar-refractivity contribution in [1.29, 1.82) is 0 Å². The third-order valence-corrected chi connectivity index (χ3v) is 2.17. The summed E-state index contributed by atoms with van der Waals surface area (Å²) in [5.74, 6) is -0.211. The summed E-state index contributed by atoms with van der Waals surface area (Å²) in [6.45, 7) is 9.39. The summed E-state index contributed by atoms with van der Waals surface area (Å²) in [7, 11) is 0. The lowest BCUT2D eigenvalue weighted by Gasteiger charge is -1.98. The number of hydrogen-bond acceptors (Lipinski definition) is 2. The van der Waals surface area contributed by atoms with E-state index in [9.17, 15) is 9.59 Å². The second kappa shape index (κ2) is 8.23. The highest BCUT2D eigenvalue weighted by Gasteiger charge is 2.07. The summed E-state index contributed by atoms with van der Waals surface area (Å²) < 4.78 is 0. The maximum absolute atomic E-state index is 11.7. The van der Waals surface area contributed by atoms with Crippen LogP contribution in [0.2, 0.25) is 0 Å². The summed E-state index contributed by atoms with van der Waals surface area (Å²) in [5, 5.41) is 0.556. The average Bonchev–Trinajstić information content (AvgIpc) is 2.43. The zero-order valence-corrected chi connectivity index (χ0v) is 11.7. The van der Waals surface area contributed by atoms with Crippen LogP contribution in [0.25, 0.3) is 10.9 Å². The molecule has 0 aliphatic rings. The van der Waals surface area contributed by atoms with Crippen LogP contribution < -0.4 is 5.43 Å². The van der Waals surface area contributed by atoms with E-state index in [1.807, 2.05) is 33.8 Å². The van der Waals surface area contributed by atoms with Crippen LogP contribution >= 0.6 is 0 Å². The van der Waals surface area contributed by atoms with Crippen LogP contribution in [0.15, 0.2) is 35.3 Å². The van der Waals surface area contributed by atoms with Crippen molar-refractivity contribution in [3.8, 4) is 0 Å². The molecule has 0 amide bonds. The van der Waals surface area contributed by atoms with Crippen molar-refractivity contribution in [2.45, 2.75) is 34.6 Å². The SMILES string of the molecule is CC.CC.CC(=O)c1c[nH]c2ccccc2c1=O. The fraction of sp³-hybridized carbons (Fsp3) is 0.333. The molecule has 0 aliphatic carbocycles. The van der Waals surface area contributed by atoms with Gasteiger partial charge in [-0.05, 0) is 19.1 Å². The van der Waals surface area contributed by atoms with Crippen molar-refractivity contribution in [3.05, 3.63) is 46.2 Å². The second-order valence-electron chi connectivity index (χ2n) is 3.13. The Labute approximate surface area is 108 Å². The molecule has 0 fully saturated rings. The Morgan fingerprint density at radius 2 is 1.61 bits per heavy atom. The molecule has 2 aromatic rings. The third-order valence-electron chi connectivity index (χ3n) is 2.17. The van der Waals surface area contributed by atoms with Crippen LogP contribution in [0.5, 0.6) is 0 Å². The monoisotopic (exact) mass is 247 g/mol. The van der Waals surface area contributed by atoms with Crippen molar-refractivity contribution in [2.75, 3.05) is 0 Å². The smallest absolute Gasteiger partial charge is 0.200 e. The summed E-state index contributed by atoms with van der Waals surface area (Å²) in [6.07, 6.45) is 1.47. The third kappa shape index (κ3) is 3.55. The molecular weight excluding hydrogens is 226 g/mol. The van der Waals surface area contributed by atoms with E-state index in [4.69, 9.17) is 0 Å². The quantitative estimate of drug-likeness (QED) is 0.779. The van der Waals surface area contributed by atoms with Crippen LogP contribution in [-0.4, -0.2) is 10.8 Å². The molecule has 1 aromatic heterocycles. The Morgan fingerprint density at radius 3 is 2.17 bits per heavy atom. The molecule has 0 aliphatic heterocycles. The number of benzene rings is 1. The molecule has 1 aromatic carbocycles. The van der Waals surface area contributed by atoms with Gasteiger partial charge in [-0.1, -0.05) is 39.8 Å². The highest BCUT2D eigenvalue weighted by atomic mass is 16.1. The van der Waals surface area contributed by atoms with Gasteiger partial charge in [0.05, 0.1) is 5.56 Å². The topological polar surface area (TPSA) is 49.9 Å². The number of aromatic amines is 1. The van der Waals surface area contributed by atoms with Gasteiger partial charge >= 0.3 is 0 Å². The first kappa shape index (κ1) is 16.1. The zero-order valence-electron chi connectivity index (χ0n) is 11.7. The average molecular weight is 247 g/mol. The molecule has 0 unspecified atom stereocenters. The molecular formula is C15H21NO2. The predicted octanol–water partition coefficient (Wildman–Crippen LogP) is 3.78. The number of carbonyl (C=O) groups excluding carboxylic acids is 1. The summed E-state index contributed by atoms with van der Waals surface area (Å²) in [6, 6.07) is 7.13. The molecule has 0 saturated heterocycles. The molecule has 1 N–H and O–H groups in total. The highest BCUT2D eigenvalue weighted by Crippen LogP contribution is 2.06. The maximum Gasteiger partial charge on any atom is 0.200 e. The van der Waals surface area contributed by atoms with Gasteiger partial charge in [-0.25, -0.2) is 0 Å². The van der Waals surface area contributed by atoms with Gasteiger partial charge in [-0.2, -0.15) is 0 Å². The number of pyridine rings is 1. The summed E-state index contributed by atoms with van der Waals surface area (Å²) in [5.41, 5.74) is 0.762. The van der Waals surface area contributed by atoms with Gasteiger partial charge in [0.1, 0.15) is 0 Å². The first-order chi connectivity index (χ1) is 8.70. The van der Waals surface area contributed by atoms with Crippen molar-refractivity contribution < 1.29 is 4.79 Å². The van der Waals surface area contributed by atoms with Crippen LogP contribution in [0.1, 0.15) is 45.0 Å². The number of fused-ring (bicyclic) bond motifs is 1. The van der Waals surface area contributed by atoms with E-state index in [2.05, 4.69) is 4.98 Å². The van der Waals surface area contributed by atoms with Crippen LogP contribution in [-0.2, 0) is 0 Å². The van der Waals surface area contributed by atoms with Gasteiger partial charge in [0.25, 0.3) is 0 Å². The molecule has 0 radical (unpaired) electrons. The van der Waals surface area contributed by atoms with Gasteiger partial charge in [-0.15, -0.1) is 0 Å². The molecule has 3 nitrogen and oxygen atoms in total. The first-order valence-corrected chi connectivity index (χ1v) is 6.31. The van der Waals surface area contributed by atoms with Crippen molar-refractivity contribution in [1.82, 2.24) is 4.98 Å². The van der Waals surface area contributed by atoms with Crippen molar-refractivity contribution >= 4 is 16.7 Å². The number of H-pyrrole nitrogens is 1. The lowest BCUT2D eigenvalue weighted by atomic mass is 10.1. The summed E-state index contributed by atoms with van der Waals surface area (Å²) >= 11 is 0. The van der Waals surface area contributed by atoms with E-state index in [-0.39, 0.29) is 16.8 Å². The Morgan fingerprint density at radius 1 is 1.06 bits per heavy atom.